The molecule has 0 heterocycles. The standard InChI is InChI=1S/C27H38N2O4/c1-32-24-14-12-22(26(30)18-24)20-28-16-10-8-6-4-3-5-7-9-11-17-29-21-23-13-15-25(33-2)19-27(23)31/h12-15,18-21,30-31H,3-11,16-17H2,1-2H3/b28-20-,29-21+. The lowest BCUT2D eigenvalue weighted by molar-refractivity contribution is 0.407. The monoisotopic (exact) mass is 454 g/mol. The van der Waals surface area contributed by atoms with Crippen LogP contribution in [-0.2, 0) is 0 Å². The van der Waals surface area contributed by atoms with Crippen LogP contribution < -0.4 is 9.47 Å². The molecule has 2 aromatic carbocycles. The molecule has 33 heavy (non-hydrogen) atoms. The van der Waals surface area contributed by atoms with Crippen molar-refractivity contribution in [2.45, 2.75) is 57.8 Å². The Morgan fingerprint density at radius 2 is 0.970 bits per heavy atom. The number of aliphatic imine (C=N–C) groups is 2. The molecule has 0 atom stereocenters. The van der Waals surface area contributed by atoms with Crippen LogP contribution in [0.3, 0.4) is 0 Å². The maximum atomic E-state index is 9.91. The minimum Gasteiger partial charge on any atom is -0.507 e. The first-order valence-corrected chi connectivity index (χ1v) is 11.9. The summed E-state index contributed by atoms with van der Waals surface area (Å²) < 4.78 is 10.2. The molecular weight excluding hydrogens is 416 g/mol. The summed E-state index contributed by atoms with van der Waals surface area (Å²) >= 11 is 0. The van der Waals surface area contributed by atoms with E-state index in [0.29, 0.717) is 11.5 Å². The second-order valence-electron chi connectivity index (χ2n) is 8.10. The molecule has 0 aliphatic heterocycles. The molecule has 2 rings (SSSR count). The summed E-state index contributed by atoms with van der Waals surface area (Å²) in [6.07, 6.45) is 14.3. The predicted octanol–water partition coefficient (Wildman–Crippen LogP) is 6.16. The van der Waals surface area contributed by atoms with E-state index in [-0.39, 0.29) is 11.5 Å². The Kier molecular flexibility index (Phi) is 12.5. The van der Waals surface area contributed by atoms with Gasteiger partial charge in [0.2, 0.25) is 0 Å². The van der Waals surface area contributed by atoms with Gasteiger partial charge in [-0.25, -0.2) is 0 Å². The summed E-state index contributed by atoms with van der Waals surface area (Å²) in [5.74, 6) is 1.68. The number of hydrogen-bond acceptors (Lipinski definition) is 6. The molecule has 0 bridgehead atoms. The third-order valence-electron chi connectivity index (χ3n) is 5.51. The van der Waals surface area contributed by atoms with Gasteiger partial charge in [0.15, 0.2) is 0 Å². The van der Waals surface area contributed by atoms with Crippen molar-refractivity contribution in [3.05, 3.63) is 47.5 Å². The largest absolute Gasteiger partial charge is 0.507 e. The van der Waals surface area contributed by atoms with Crippen LogP contribution in [0.2, 0.25) is 0 Å². The first kappa shape index (κ1) is 26.2. The van der Waals surface area contributed by atoms with Gasteiger partial charge in [0.25, 0.3) is 0 Å². The van der Waals surface area contributed by atoms with Gasteiger partial charge in [0.1, 0.15) is 23.0 Å². The Morgan fingerprint density at radius 3 is 1.30 bits per heavy atom. The molecule has 0 aliphatic rings. The van der Waals surface area contributed by atoms with Gasteiger partial charge in [-0.05, 0) is 37.1 Å². The highest BCUT2D eigenvalue weighted by Crippen LogP contribution is 2.22. The van der Waals surface area contributed by atoms with Gasteiger partial charge in [-0.15, -0.1) is 0 Å². The number of ether oxygens (including phenoxy) is 2. The molecule has 180 valence electrons. The summed E-state index contributed by atoms with van der Waals surface area (Å²) in [6.45, 7) is 1.58. The molecule has 0 aromatic heterocycles. The molecule has 0 aliphatic carbocycles. The Bertz CT molecular complexity index is 809. The lowest BCUT2D eigenvalue weighted by atomic mass is 10.1. The molecule has 2 N–H and O–H groups in total. The van der Waals surface area contributed by atoms with Crippen LogP contribution in [0.4, 0.5) is 0 Å². The van der Waals surface area contributed by atoms with E-state index in [1.54, 1.807) is 38.8 Å². The molecule has 6 heteroatoms. The van der Waals surface area contributed by atoms with E-state index in [9.17, 15) is 10.2 Å². The van der Waals surface area contributed by atoms with Gasteiger partial charge >= 0.3 is 0 Å². The van der Waals surface area contributed by atoms with Crippen molar-refractivity contribution in [1.29, 1.82) is 0 Å². The molecule has 0 saturated heterocycles. The minimum absolute atomic E-state index is 0.196. The van der Waals surface area contributed by atoms with E-state index < -0.39 is 0 Å². The zero-order valence-corrected chi connectivity index (χ0v) is 20.0. The molecule has 0 radical (unpaired) electrons. The molecule has 2 aromatic rings. The van der Waals surface area contributed by atoms with E-state index in [1.807, 2.05) is 24.3 Å². The molecule has 6 nitrogen and oxygen atoms in total. The highest BCUT2D eigenvalue weighted by molar-refractivity contribution is 5.84. The van der Waals surface area contributed by atoms with Crippen molar-refractivity contribution < 1.29 is 19.7 Å². The second-order valence-corrected chi connectivity index (χ2v) is 8.10. The number of benzene rings is 2. The number of methoxy groups -OCH3 is 2. The van der Waals surface area contributed by atoms with Crippen molar-refractivity contribution >= 4 is 12.4 Å². The third kappa shape index (κ3) is 10.4. The van der Waals surface area contributed by atoms with Crippen LogP contribution in [0, 0.1) is 0 Å². The van der Waals surface area contributed by atoms with Crippen LogP contribution >= 0.6 is 0 Å². The normalized spacial score (nSPS) is 11.5. The zero-order valence-electron chi connectivity index (χ0n) is 20.0. The summed E-state index contributed by atoms with van der Waals surface area (Å²) in [5.41, 5.74) is 1.45. The summed E-state index contributed by atoms with van der Waals surface area (Å²) in [5, 5.41) is 19.8. The van der Waals surface area contributed by atoms with Gasteiger partial charge in [-0.2, -0.15) is 0 Å². The van der Waals surface area contributed by atoms with Crippen LogP contribution in [-0.4, -0.2) is 50.0 Å². The molecule has 0 fully saturated rings. The van der Waals surface area contributed by atoms with Gasteiger partial charge in [-0.3, -0.25) is 9.98 Å². The summed E-state index contributed by atoms with van der Waals surface area (Å²) in [4.78, 5) is 8.83. The van der Waals surface area contributed by atoms with E-state index in [2.05, 4.69) is 9.98 Å². The molecule has 0 saturated carbocycles. The lowest BCUT2D eigenvalue weighted by Gasteiger charge is -2.03. The lowest BCUT2D eigenvalue weighted by Crippen LogP contribution is -1.89. The maximum absolute atomic E-state index is 9.91. The fourth-order valence-corrected chi connectivity index (χ4v) is 3.49. The average Bonchev–Trinajstić information content (AvgIpc) is 2.83. The highest BCUT2D eigenvalue weighted by Gasteiger charge is 2.01. The zero-order chi connectivity index (χ0) is 23.7. The van der Waals surface area contributed by atoms with E-state index >= 15 is 0 Å². The fourth-order valence-electron chi connectivity index (χ4n) is 3.49. The van der Waals surface area contributed by atoms with Crippen molar-refractivity contribution in [3.8, 4) is 23.0 Å². The molecule has 0 spiro atoms. The predicted molar refractivity (Wildman–Crippen MR) is 136 cm³/mol. The Labute approximate surface area is 198 Å². The topological polar surface area (TPSA) is 83.6 Å². The number of hydrogen-bond donors (Lipinski definition) is 2. The van der Waals surface area contributed by atoms with Gasteiger partial charge in [0, 0.05) is 48.8 Å². The number of nitrogens with zero attached hydrogens (tertiary/aromatic N) is 2. The van der Waals surface area contributed by atoms with Crippen LogP contribution in [0.15, 0.2) is 46.4 Å². The van der Waals surface area contributed by atoms with Crippen molar-refractivity contribution in [3.63, 3.8) is 0 Å². The number of rotatable bonds is 16. The number of phenols is 2. The first-order valence-electron chi connectivity index (χ1n) is 11.9. The van der Waals surface area contributed by atoms with Gasteiger partial charge in [0.05, 0.1) is 14.2 Å². The van der Waals surface area contributed by atoms with Crippen molar-refractivity contribution in [1.82, 2.24) is 0 Å². The Balaban J connectivity index is 1.42. The minimum atomic E-state index is 0.196. The Hall–Kier alpha value is -3.02. The van der Waals surface area contributed by atoms with Gasteiger partial charge < -0.3 is 19.7 Å². The summed E-state index contributed by atoms with van der Waals surface area (Å²) in [7, 11) is 3.16. The second kappa shape index (κ2) is 15.7. The van der Waals surface area contributed by atoms with E-state index in [4.69, 9.17) is 9.47 Å². The third-order valence-corrected chi connectivity index (χ3v) is 5.51. The van der Waals surface area contributed by atoms with Crippen molar-refractivity contribution in [2.75, 3.05) is 27.3 Å². The van der Waals surface area contributed by atoms with Crippen LogP contribution in [0.5, 0.6) is 23.0 Å². The molecule has 0 unspecified atom stereocenters. The highest BCUT2D eigenvalue weighted by atomic mass is 16.5. The van der Waals surface area contributed by atoms with Crippen molar-refractivity contribution in [2.24, 2.45) is 9.98 Å². The SMILES string of the molecule is COc1ccc(/C=N\CCCCCCCCCCC/N=C/c2ccc(OC)cc2O)c(O)c1. The number of aromatic hydroxyl groups is 2. The summed E-state index contributed by atoms with van der Waals surface area (Å²) in [6, 6.07) is 10.5. The Morgan fingerprint density at radius 1 is 0.606 bits per heavy atom. The molecule has 0 amide bonds. The van der Waals surface area contributed by atoms with E-state index in [1.165, 1.54) is 44.9 Å². The smallest absolute Gasteiger partial charge is 0.128 e. The number of phenolic OH excluding ortho intramolecular Hbond substituents is 2. The van der Waals surface area contributed by atoms with E-state index in [0.717, 1.165) is 37.1 Å². The maximum Gasteiger partial charge on any atom is 0.128 e. The average molecular weight is 455 g/mol. The van der Waals surface area contributed by atoms with Gasteiger partial charge in [-0.1, -0.05) is 44.9 Å². The molecular formula is C27H38N2O4. The van der Waals surface area contributed by atoms with Crippen LogP contribution in [0.1, 0.15) is 68.9 Å². The first-order chi connectivity index (χ1) is 16.1. The van der Waals surface area contributed by atoms with Crippen LogP contribution in [0.25, 0.3) is 0 Å². The quantitative estimate of drug-likeness (QED) is 0.235. The number of unbranched alkanes of at least 4 members (excludes halogenated alkanes) is 8. The fraction of sp³-hybridized carbons (Fsp3) is 0.481.